The van der Waals surface area contributed by atoms with Crippen LogP contribution < -0.4 is 15.6 Å². The van der Waals surface area contributed by atoms with Crippen molar-refractivity contribution < 1.29 is 4.98 Å². The van der Waals surface area contributed by atoms with Crippen LogP contribution in [-0.4, -0.2) is 28.8 Å². The van der Waals surface area contributed by atoms with Gasteiger partial charge in [-0.25, -0.2) is 4.98 Å². The molecule has 0 aliphatic carbocycles. The lowest BCUT2D eigenvalue weighted by Crippen LogP contribution is -2.52. The van der Waals surface area contributed by atoms with Crippen molar-refractivity contribution in [3.05, 3.63) is 53.9 Å². The summed E-state index contributed by atoms with van der Waals surface area (Å²) in [5, 5.41) is 8.30. The highest BCUT2D eigenvalue weighted by atomic mass is 15.2. The molecule has 0 saturated carbocycles. The van der Waals surface area contributed by atoms with Gasteiger partial charge in [0.25, 0.3) is 0 Å². The van der Waals surface area contributed by atoms with E-state index in [1.54, 1.807) is 0 Å². The van der Waals surface area contributed by atoms with E-state index in [0.717, 1.165) is 43.4 Å². The van der Waals surface area contributed by atoms with Crippen LogP contribution in [0.1, 0.15) is 44.7 Å². The second kappa shape index (κ2) is 6.64. The fourth-order valence-electron chi connectivity index (χ4n) is 4.06. The molecule has 1 aliphatic rings. The van der Waals surface area contributed by atoms with Crippen LogP contribution in [0.2, 0.25) is 0 Å². The van der Waals surface area contributed by atoms with E-state index in [9.17, 15) is 0 Å². The van der Waals surface area contributed by atoms with Crippen molar-refractivity contribution >= 4 is 16.7 Å². The average molecular weight is 365 g/mol. The zero-order chi connectivity index (χ0) is 19.1. The lowest BCUT2D eigenvalue weighted by atomic mass is 9.81. The highest BCUT2D eigenvalue weighted by Gasteiger charge is 2.32. The van der Waals surface area contributed by atoms with Gasteiger partial charge < -0.3 is 10.6 Å². The summed E-state index contributed by atoms with van der Waals surface area (Å²) in [6.07, 6.45) is 6.78. The van der Waals surface area contributed by atoms with Crippen molar-refractivity contribution in [3.63, 3.8) is 0 Å². The largest absolute Gasteiger partial charge is 0.371 e. The van der Waals surface area contributed by atoms with Gasteiger partial charge in [-0.3, -0.25) is 0 Å². The number of hydrogen-bond acceptors (Lipinski definition) is 3. The van der Waals surface area contributed by atoms with Crippen LogP contribution in [0, 0.1) is 0 Å². The first kappa shape index (κ1) is 18.0. The number of piperidine rings is 1. The molecule has 1 saturated heterocycles. The molecule has 0 spiro atoms. The maximum absolute atomic E-state index is 6.80. The van der Waals surface area contributed by atoms with Crippen molar-refractivity contribution in [2.45, 2.75) is 51.0 Å². The zero-order valence-corrected chi connectivity index (χ0v) is 16.5. The first-order valence-electron chi connectivity index (χ1n) is 9.81. The normalized spacial score (nSPS) is 17.4. The summed E-state index contributed by atoms with van der Waals surface area (Å²) < 4.78 is 0. The van der Waals surface area contributed by atoms with Gasteiger partial charge in [0.1, 0.15) is 5.39 Å². The minimum absolute atomic E-state index is 0.129. The van der Waals surface area contributed by atoms with Gasteiger partial charge in [-0.05, 0) is 35.8 Å². The average Bonchev–Trinajstić information content (AvgIpc) is 3.11. The molecule has 5 heteroatoms. The lowest BCUT2D eigenvalue weighted by molar-refractivity contribution is -0.347. The van der Waals surface area contributed by atoms with Crippen molar-refractivity contribution in [3.8, 4) is 0 Å². The van der Waals surface area contributed by atoms with Gasteiger partial charge in [0.15, 0.2) is 0 Å². The molecule has 2 aromatic heterocycles. The summed E-state index contributed by atoms with van der Waals surface area (Å²) in [7, 11) is 0. The van der Waals surface area contributed by atoms with Crippen LogP contribution in [0.5, 0.6) is 0 Å². The maximum atomic E-state index is 6.80. The van der Waals surface area contributed by atoms with Crippen molar-refractivity contribution in [2.24, 2.45) is 5.73 Å². The molecule has 1 fully saturated rings. The summed E-state index contributed by atoms with van der Waals surface area (Å²) in [5.74, 6) is 0. The predicted octanol–water partition coefficient (Wildman–Crippen LogP) is 3.21. The molecule has 0 bridgehead atoms. The number of nitrogens with one attached hydrogen (secondary N) is 2. The Morgan fingerprint density at radius 3 is 2.52 bits per heavy atom. The summed E-state index contributed by atoms with van der Waals surface area (Å²) in [5.41, 5.74) is 11.8. The Bertz CT molecular complexity index is 912. The van der Waals surface area contributed by atoms with Crippen LogP contribution in [0.3, 0.4) is 0 Å². The molecule has 0 radical (unpaired) electrons. The molecular weight excluding hydrogens is 334 g/mol. The summed E-state index contributed by atoms with van der Waals surface area (Å²) >= 11 is 0. The highest BCUT2D eigenvalue weighted by Crippen LogP contribution is 2.31. The molecule has 4 rings (SSSR count). The van der Waals surface area contributed by atoms with Gasteiger partial charge in [0, 0.05) is 24.7 Å². The number of fused-ring (bicyclic) bond motifs is 1. The van der Waals surface area contributed by atoms with Crippen molar-refractivity contribution in [1.82, 2.24) is 10.2 Å². The number of aromatic amines is 2. The second-order valence-electron chi connectivity index (χ2n) is 8.99. The molecular formula is C22H30N5+. The number of rotatable bonds is 3. The Hall–Kier alpha value is -2.40. The van der Waals surface area contributed by atoms with Gasteiger partial charge in [0.05, 0.1) is 18.1 Å². The number of hydrogen-bond donors (Lipinski definition) is 2. The van der Waals surface area contributed by atoms with E-state index in [2.05, 4.69) is 71.2 Å². The monoisotopic (exact) mass is 364 g/mol. The Balaban J connectivity index is 1.44. The minimum atomic E-state index is -0.129. The molecule has 1 aliphatic heterocycles. The molecule has 27 heavy (non-hydrogen) atoms. The van der Waals surface area contributed by atoms with Gasteiger partial charge in [-0.2, -0.15) is 0 Å². The number of H-pyrrole nitrogens is 2. The first-order chi connectivity index (χ1) is 12.8. The molecule has 1 aromatic carbocycles. The Morgan fingerprint density at radius 2 is 1.85 bits per heavy atom. The van der Waals surface area contributed by atoms with E-state index in [-0.39, 0.29) is 11.0 Å². The number of nitrogens with zero attached hydrogens (tertiary/aromatic N) is 2. The third-order valence-corrected chi connectivity index (χ3v) is 5.86. The minimum Gasteiger partial charge on any atom is -0.371 e. The van der Waals surface area contributed by atoms with E-state index in [1.165, 1.54) is 16.8 Å². The number of pyridine rings is 1. The SMILES string of the molecule is CC(C)(C)c1ccc(CC2(N)CCN(c3cc[nH+]c4[nH]ncc34)CC2)cc1. The Kier molecular flexibility index (Phi) is 4.42. The smallest absolute Gasteiger partial charge is 0.308 e. The molecule has 4 N–H and O–H groups in total. The topological polar surface area (TPSA) is 72.1 Å². The van der Waals surface area contributed by atoms with Crippen molar-refractivity contribution in [1.29, 1.82) is 0 Å². The lowest BCUT2D eigenvalue weighted by Gasteiger charge is -2.40. The van der Waals surface area contributed by atoms with Crippen molar-refractivity contribution in [2.75, 3.05) is 18.0 Å². The van der Waals surface area contributed by atoms with Crippen LogP contribution in [0.4, 0.5) is 5.69 Å². The fraction of sp³-hybridized carbons (Fsp3) is 0.455. The summed E-state index contributed by atoms with van der Waals surface area (Å²) in [4.78, 5) is 5.63. The van der Waals surface area contributed by atoms with Gasteiger partial charge >= 0.3 is 5.65 Å². The van der Waals surface area contributed by atoms with Gasteiger partial charge in [0.2, 0.25) is 0 Å². The standard InChI is InChI=1S/C22H29N5/c1-21(2,3)17-6-4-16(5-7-17)14-22(23)9-12-27(13-10-22)19-8-11-24-20-18(19)15-25-26-20/h4-8,11,15H,9-10,12-14,23H2,1-3H3,(H,24,25,26)/p+1. The molecule has 3 aromatic rings. The summed E-state index contributed by atoms with van der Waals surface area (Å²) in [6, 6.07) is 11.1. The Labute approximate surface area is 161 Å². The zero-order valence-electron chi connectivity index (χ0n) is 16.5. The fourth-order valence-corrected chi connectivity index (χ4v) is 4.06. The number of aromatic nitrogens is 3. The first-order valence-corrected chi connectivity index (χ1v) is 9.81. The molecule has 0 atom stereocenters. The molecule has 0 amide bonds. The van der Waals surface area contributed by atoms with Crippen LogP contribution >= 0.6 is 0 Å². The van der Waals surface area contributed by atoms with E-state index < -0.39 is 0 Å². The highest BCUT2D eigenvalue weighted by molar-refractivity contribution is 5.86. The van der Waals surface area contributed by atoms with E-state index in [0.29, 0.717) is 0 Å². The Morgan fingerprint density at radius 1 is 1.15 bits per heavy atom. The third kappa shape index (κ3) is 3.69. The van der Waals surface area contributed by atoms with E-state index in [4.69, 9.17) is 5.73 Å². The second-order valence-corrected chi connectivity index (χ2v) is 8.99. The van der Waals surface area contributed by atoms with E-state index >= 15 is 0 Å². The quantitative estimate of drug-likeness (QED) is 0.749. The molecule has 142 valence electrons. The van der Waals surface area contributed by atoms with Crippen LogP contribution in [0.25, 0.3) is 11.0 Å². The molecule has 5 nitrogen and oxygen atoms in total. The van der Waals surface area contributed by atoms with Gasteiger partial charge in [-0.1, -0.05) is 50.1 Å². The number of benzene rings is 1. The van der Waals surface area contributed by atoms with E-state index in [1.807, 2.05) is 12.4 Å². The summed E-state index contributed by atoms with van der Waals surface area (Å²) in [6.45, 7) is 8.70. The maximum Gasteiger partial charge on any atom is 0.308 e. The third-order valence-electron chi connectivity index (χ3n) is 5.86. The molecule has 3 heterocycles. The predicted molar refractivity (Wildman–Crippen MR) is 110 cm³/mol. The number of anilines is 1. The van der Waals surface area contributed by atoms with Gasteiger partial charge in [-0.15, -0.1) is 5.10 Å². The number of nitrogens with two attached hydrogens (primary N) is 1. The van der Waals surface area contributed by atoms with Crippen LogP contribution in [0.15, 0.2) is 42.7 Å². The van der Waals surface area contributed by atoms with Crippen LogP contribution in [-0.2, 0) is 11.8 Å². The molecule has 0 unspecified atom stereocenters.